The topological polar surface area (TPSA) is 6.48 Å². The zero-order valence-electron chi connectivity index (χ0n) is 36.4. The first-order chi connectivity index (χ1) is 31.5. The van der Waals surface area contributed by atoms with Crippen LogP contribution in [0.5, 0.6) is 0 Å². The quantitative estimate of drug-likeness (QED) is 0.143. The molecule has 2 heteroatoms. The van der Waals surface area contributed by atoms with Crippen LogP contribution in [0.1, 0.15) is 37.8 Å². The van der Waals surface area contributed by atoms with Gasteiger partial charge in [-0.2, -0.15) is 0 Å². The third kappa shape index (κ3) is 7.13. The predicted octanol–water partition coefficient (Wildman–Crippen LogP) is 17.9. The van der Waals surface area contributed by atoms with E-state index in [9.17, 15) is 0 Å². The summed E-state index contributed by atoms with van der Waals surface area (Å²) in [6, 6.07) is 82.8. The molecule has 0 spiro atoms. The zero-order chi connectivity index (χ0) is 43.1. The first-order valence-corrected chi connectivity index (χ1v) is 22.4. The van der Waals surface area contributed by atoms with E-state index in [-0.39, 0.29) is 0 Å². The van der Waals surface area contributed by atoms with Gasteiger partial charge >= 0.3 is 0 Å². The van der Waals surface area contributed by atoms with Crippen molar-refractivity contribution in [3.63, 3.8) is 0 Å². The summed E-state index contributed by atoms with van der Waals surface area (Å²) < 4.78 is 0. The van der Waals surface area contributed by atoms with Crippen molar-refractivity contribution in [3.05, 3.63) is 242 Å². The minimum atomic E-state index is 0.337. The summed E-state index contributed by atoms with van der Waals surface area (Å²) in [6.45, 7) is 6.76. The number of anilines is 5. The second-order valence-electron chi connectivity index (χ2n) is 17.1. The molecule has 0 fully saturated rings. The summed E-state index contributed by atoms with van der Waals surface area (Å²) in [5.74, 6) is 0.337. The van der Waals surface area contributed by atoms with Crippen LogP contribution in [0.2, 0.25) is 0 Å². The lowest BCUT2D eigenvalue weighted by Crippen LogP contribution is -2.16. The van der Waals surface area contributed by atoms with Gasteiger partial charge in [0.1, 0.15) is 0 Å². The Hall–Kier alpha value is -7.94. The van der Waals surface area contributed by atoms with Crippen molar-refractivity contribution in [3.8, 4) is 11.1 Å². The molecule has 0 aliphatic carbocycles. The van der Waals surface area contributed by atoms with Gasteiger partial charge < -0.3 is 9.80 Å². The van der Waals surface area contributed by atoms with E-state index in [0.29, 0.717) is 5.92 Å². The number of hydrogen-bond acceptors (Lipinski definition) is 2. The van der Waals surface area contributed by atoms with Crippen LogP contribution in [0.4, 0.5) is 28.4 Å². The van der Waals surface area contributed by atoms with E-state index in [2.05, 4.69) is 261 Å². The molecule has 0 heterocycles. The van der Waals surface area contributed by atoms with Gasteiger partial charge in [-0.25, -0.2) is 0 Å². The first-order valence-electron chi connectivity index (χ1n) is 22.4. The third-order valence-electron chi connectivity index (χ3n) is 12.9. The number of rotatable bonds is 9. The van der Waals surface area contributed by atoms with E-state index in [1.165, 1.54) is 70.6 Å². The Kier molecular flexibility index (Phi) is 9.98. The summed E-state index contributed by atoms with van der Waals surface area (Å²) >= 11 is 0. The zero-order valence-corrected chi connectivity index (χ0v) is 36.4. The lowest BCUT2D eigenvalue weighted by molar-refractivity contribution is 0.866. The molecule has 0 radical (unpaired) electrons. The molecular formula is C62H48N2. The number of allylic oxidation sites excluding steroid dienone is 1. The number of benzene rings is 11. The molecule has 0 aromatic heterocycles. The van der Waals surface area contributed by atoms with Crippen LogP contribution < -0.4 is 9.80 Å². The smallest absolute Gasteiger partial charge is 0.0546 e. The molecule has 0 bridgehead atoms. The van der Waals surface area contributed by atoms with E-state index in [4.69, 9.17) is 0 Å². The number of nitrogens with zero attached hydrogens (tertiary/aromatic N) is 2. The lowest BCUT2D eigenvalue weighted by atomic mass is 9.89. The molecule has 0 saturated heterocycles. The van der Waals surface area contributed by atoms with E-state index in [1.54, 1.807) is 0 Å². The standard InChI is InChI=1S/C62H48N2/c1-4-61(63(54-30-25-43-15-5-9-19-48(43)36-54)55-31-26-44-16-6-10-20-49(44)37-55)60-40-47(42(2)3)29-34-58(60)53-35-52-23-13-14-24-59(52)62(41-53)64(56-32-27-45-17-7-11-21-50(45)38-56)57-33-28-46-18-8-12-22-51(46)39-57/h4-42H,1-3H3/b61-4+. The third-order valence-corrected chi connectivity index (χ3v) is 12.9. The van der Waals surface area contributed by atoms with Gasteiger partial charge in [-0.05, 0) is 145 Å². The molecule has 0 atom stereocenters. The van der Waals surface area contributed by atoms with Crippen LogP contribution in [0.15, 0.2) is 231 Å². The largest absolute Gasteiger partial charge is 0.310 e. The Morgan fingerprint density at radius 2 is 0.812 bits per heavy atom. The van der Waals surface area contributed by atoms with Crippen molar-refractivity contribution >= 4 is 88.0 Å². The first kappa shape index (κ1) is 38.9. The molecular weight excluding hydrogens is 773 g/mol. The minimum absolute atomic E-state index is 0.337. The second-order valence-corrected chi connectivity index (χ2v) is 17.1. The van der Waals surface area contributed by atoms with Gasteiger partial charge in [-0.1, -0.05) is 178 Å². The van der Waals surface area contributed by atoms with Gasteiger partial charge in [0.05, 0.1) is 5.69 Å². The summed E-state index contributed by atoms with van der Waals surface area (Å²) in [7, 11) is 0. The molecule has 2 nitrogen and oxygen atoms in total. The highest BCUT2D eigenvalue weighted by Crippen LogP contribution is 2.46. The molecule has 0 aliphatic rings. The Morgan fingerprint density at radius 1 is 0.391 bits per heavy atom. The van der Waals surface area contributed by atoms with Crippen LogP contribution in [0.25, 0.3) is 70.7 Å². The molecule has 11 rings (SSSR count). The predicted molar refractivity (Wildman–Crippen MR) is 277 cm³/mol. The lowest BCUT2D eigenvalue weighted by Gasteiger charge is -2.31. The maximum atomic E-state index is 2.46. The average Bonchev–Trinajstić information content (AvgIpc) is 3.35. The fourth-order valence-corrected chi connectivity index (χ4v) is 9.54. The Balaban J connectivity index is 1.16. The minimum Gasteiger partial charge on any atom is -0.310 e. The van der Waals surface area contributed by atoms with Gasteiger partial charge in [0, 0.05) is 39.4 Å². The van der Waals surface area contributed by atoms with Crippen molar-refractivity contribution in [2.24, 2.45) is 0 Å². The Labute approximate surface area is 375 Å². The Morgan fingerprint density at radius 3 is 1.28 bits per heavy atom. The van der Waals surface area contributed by atoms with Crippen LogP contribution in [-0.4, -0.2) is 0 Å². The van der Waals surface area contributed by atoms with Gasteiger partial charge in [0.2, 0.25) is 0 Å². The number of fused-ring (bicyclic) bond motifs is 5. The highest BCUT2D eigenvalue weighted by Gasteiger charge is 2.24. The normalized spacial score (nSPS) is 11.9. The van der Waals surface area contributed by atoms with Crippen molar-refractivity contribution in [2.45, 2.75) is 26.7 Å². The van der Waals surface area contributed by atoms with Crippen molar-refractivity contribution < 1.29 is 0 Å². The van der Waals surface area contributed by atoms with Gasteiger partial charge in [0.25, 0.3) is 0 Å². The SMILES string of the molecule is C/C=C(\c1cc(C(C)C)ccc1-c1cc(N(c2ccc3ccccc3c2)c2ccc3ccccc3c2)c2ccccc2c1)N(c1ccc2ccccc2c1)c1ccc2ccccc2c1. The molecule has 0 saturated carbocycles. The molecule has 0 N–H and O–H groups in total. The molecule has 0 unspecified atom stereocenters. The van der Waals surface area contributed by atoms with Crippen molar-refractivity contribution in [1.29, 1.82) is 0 Å². The number of hydrogen-bond donors (Lipinski definition) is 0. The Bertz CT molecular complexity index is 3420. The van der Waals surface area contributed by atoms with Gasteiger partial charge in [-0.3, -0.25) is 0 Å². The van der Waals surface area contributed by atoms with Gasteiger partial charge in [-0.15, -0.1) is 0 Å². The molecule has 11 aromatic rings. The maximum Gasteiger partial charge on any atom is 0.0546 e. The van der Waals surface area contributed by atoms with Crippen molar-refractivity contribution in [1.82, 2.24) is 0 Å². The summed E-state index contributed by atoms with van der Waals surface area (Å²) in [6.07, 6.45) is 2.30. The molecule has 11 aromatic carbocycles. The maximum absolute atomic E-state index is 2.46. The molecule has 64 heavy (non-hydrogen) atoms. The molecule has 0 aliphatic heterocycles. The van der Waals surface area contributed by atoms with Crippen LogP contribution in [0.3, 0.4) is 0 Å². The summed E-state index contributed by atoms with van der Waals surface area (Å²) in [5.41, 5.74) is 11.5. The highest BCUT2D eigenvalue weighted by atomic mass is 15.2. The molecule has 0 amide bonds. The van der Waals surface area contributed by atoms with E-state index < -0.39 is 0 Å². The summed E-state index contributed by atoms with van der Waals surface area (Å²) in [4.78, 5) is 4.92. The average molecular weight is 821 g/mol. The van der Waals surface area contributed by atoms with E-state index >= 15 is 0 Å². The van der Waals surface area contributed by atoms with Gasteiger partial charge in [0.15, 0.2) is 0 Å². The van der Waals surface area contributed by atoms with Crippen LogP contribution in [0, 0.1) is 0 Å². The fraction of sp³-hybridized carbons (Fsp3) is 0.0645. The van der Waals surface area contributed by atoms with Crippen molar-refractivity contribution in [2.75, 3.05) is 9.80 Å². The van der Waals surface area contributed by atoms with E-state index in [1.807, 2.05) is 0 Å². The monoisotopic (exact) mass is 820 g/mol. The molecule has 306 valence electrons. The van der Waals surface area contributed by atoms with Crippen LogP contribution >= 0.6 is 0 Å². The fourth-order valence-electron chi connectivity index (χ4n) is 9.54. The second kappa shape index (κ2) is 16.4. The summed E-state index contributed by atoms with van der Waals surface area (Å²) in [5, 5.41) is 12.1. The highest BCUT2D eigenvalue weighted by molar-refractivity contribution is 6.05. The van der Waals surface area contributed by atoms with Crippen LogP contribution in [-0.2, 0) is 0 Å². The van der Waals surface area contributed by atoms with E-state index in [0.717, 1.165) is 39.7 Å².